The summed E-state index contributed by atoms with van der Waals surface area (Å²) in [4.78, 5) is 34.7. The summed E-state index contributed by atoms with van der Waals surface area (Å²) >= 11 is 0. The van der Waals surface area contributed by atoms with Gasteiger partial charge in [-0.1, -0.05) is 38.2 Å². The molecule has 0 unspecified atom stereocenters. The van der Waals surface area contributed by atoms with Crippen LogP contribution in [0.2, 0.25) is 0 Å². The average molecular weight is 402 g/mol. The molecule has 160 valence electrons. The van der Waals surface area contributed by atoms with E-state index in [0.717, 1.165) is 37.8 Å². The number of piperazine rings is 1. The van der Waals surface area contributed by atoms with Crippen LogP contribution in [0.1, 0.15) is 44.9 Å². The van der Waals surface area contributed by atoms with Gasteiger partial charge in [-0.25, -0.2) is 4.98 Å². The van der Waals surface area contributed by atoms with Crippen LogP contribution in [0, 0.1) is 5.92 Å². The number of amides is 2. The molecule has 0 aromatic carbocycles. The Balaban J connectivity index is 1.41. The third-order valence-electron chi connectivity index (χ3n) is 6.21. The Morgan fingerprint density at radius 2 is 1.83 bits per heavy atom. The first kappa shape index (κ1) is 21.6. The van der Waals surface area contributed by atoms with E-state index in [1.165, 1.54) is 32.1 Å². The van der Waals surface area contributed by atoms with Crippen LogP contribution in [0.15, 0.2) is 24.4 Å². The first-order valence-corrected chi connectivity index (χ1v) is 11.1. The molecule has 1 aromatic rings. The fraction of sp³-hybridized carbons (Fsp3) is 0.682. The number of hydrogen-bond acceptors (Lipinski definition) is 5. The zero-order chi connectivity index (χ0) is 20.5. The highest BCUT2D eigenvalue weighted by Crippen LogP contribution is 2.26. The van der Waals surface area contributed by atoms with Gasteiger partial charge in [0.1, 0.15) is 5.82 Å². The highest BCUT2D eigenvalue weighted by atomic mass is 16.2. The van der Waals surface area contributed by atoms with Gasteiger partial charge < -0.3 is 15.5 Å². The summed E-state index contributed by atoms with van der Waals surface area (Å²) in [6.07, 6.45) is 9.93. The van der Waals surface area contributed by atoms with Gasteiger partial charge in [-0.3, -0.25) is 14.5 Å². The van der Waals surface area contributed by atoms with E-state index >= 15 is 0 Å². The van der Waals surface area contributed by atoms with Gasteiger partial charge >= 0.3 is 0 Å². The number of aromatic nitrogens is 1. The second kappa shape index (κ2) is 11.1. The largest absolute Gasteiger partial charge is 0.369 e. The molecular formula is C22H35N5O2. The minimum Gasteiger partial charge on any atom is -0.369 e. The van der Waals surface area contributed by atoms with Gasteiger partial charge in [0.05, 0.1) is 6.54 Å². The minimum absolute atomic E-state index is 0.165. The fourth-order valence-corrected chi connectivity index (χ4v) is 4.47. The molecule has 2 heterocycles. The van der Waals surface area contributed by atoms with E-state index in [2.05, 4.69) is 14.8 Å². The molecule has 1 saturated heterocycles. The van der Waals surface area contributed by atoms with Crippen molar-refractivity contribution in [2.24, 2.45) is 11.7 Å². The summed E-state index contributed by atoms with van der Waals surface area (Å²) < 4.78 is 0. The van der Waals surface area contributed by atoms with Gasteiger partial charge in [-0.05, 0) is 31.0 Å². The monoisotopic (exact) mass is 401 g/mol. The Bertz CT molecular complexity index is 640. The molecule has 2 aliphatic rings. The molecule has 0 atom stereocenters. The van der Waals surface area contributed by atoms with Crippen molar-refractivity contribution < 1.29 is 9.59 Å². The molecule has 29 heavy (non-hydrogen) atoms. The molecule has 0 bridgehead atoms. The third-order valence-corrected chi connectivity index (χ3v) is 6.21. The van der Waals surface area contributed by atoms with Crippen LogP contribution in [0.5, 0.6) is 0 Å². The van der Waals surface area contributed by atoms with Crippen molar-refractivity contribution in [2.75, 3.05) is 50.7 Å². The standard InChI is InChI=1S/C22H35N5O2/c23-20(28)18-25(12-9-19-6-2-1-3-7-19)13-10-22(29)27-16-14-26(15-17-27)21-8-4-5-11-24-21/h4-5,8,11,19H,1-3,6-7,9-10,12-18H2,(H2,23,28). The average Bonchev–Trinajstić information content (AvgIpc) is 2.76. The zero-order valence-corrected chi connectivity index (χ0v) is 17.5. The van der Waals surface area contributed by atoms with Crippen molar-refractivity contribution in [3.8, 4) is 0 Å². The Morgan fingerprint density at radius 1 is 1.07 bits per heavy atom. The molecule has 1 aliphatic carbocycles. The minimum atomic E-state index is -0.315. The smallest absolute Gasteiger partial charge is 0.231 e. The number of pyridine rings is 1. The number of primary amides is 1. The maximum absolute atomic E-state index is 12.7. The van der Waals surface area contributed by atoms with Crippen molar-refractivity contribution in [3.63, 3.8) is 0 Å². The topological polar surface area (TPSA) is 82.8 Å². The van der Waals surface area contributed by atoms with Crippen molar-refractivity contribution in [1.82, 2.24) is 14.8 Å². The van der Waals surface area contributed by atoms with Crippen LogP contribution in [0.3, 0.4) is 0 Å². The van der Waals surface area contributed by atoms with Crippen molar-refractivity contribution in [2.45, 2.75) is 44.9 Å². The van der Waals surface area contributed by atoms with E-state index in [-0.39, 0.29) is 18.4 Å². The lowest BCUT2D eigenvalue weighted by Crippen LogP contribution is -2.49. The van der Waals surface area contributed by atoms with Gasteiger partial charge in [-0.2, -0.15) is 0 Å². The quantitative estimate of drug-likeness (QED) is 0.683. The van der Waals surface area contributed by atoms with Crippen LogP contribution >= 0.6 is 0 Å². The zero-order valence-electron chi connectivity index (χ0n) is 17.5. The molecule has 2 fully saturated rings. The van der Waals surface area contributed by atoms with Crippen LogP contribution in [-0.2, 0) is 9.59 Å². The number of anilines is 1. The second-order valence-corrected chi connectivity index (χ2v) is 8.34. The molecule has 2 amide bonds. The lowest BCUT2D eigenvalue weighted by molar-refractivity contribution is -0.132. The number of nitrogens with two attached hydrogens (primary N) is 1. The van der Waals surface area contributed by atoms with Gasteiger partial charge in [0, 0.05) is 45.3 Å². The number of hydrogen-bond donors (Lipinski definition) is 1. The van der Waals surface area contributed by atoms with E-state index in [0.29, 0.717) is 26.1 Å². The van der Waals surface area contributed by atoms with E-state index in [1.807, 2.05) is 23.1 Å². The van der Waals surface area contributed by atoms with E-state index in [9.17, 15) is 9.59 Å². The molecular weight excluding hydrogens is 366 g/mol. The van der Waals surface area contributed by atoms with Gasteiger partial charge in [0.2, 0.25) is 11.8 Å². The number of carbonyl (C=O) groups excluding carboxylic acids is 2. The van der Waals surface area contributed by atoms with Crippen LogP contribution < -0.4 is 10.6 Å². The molecule has 1 aromatic heterocycles. The van der Waals surface area contributed by atoms with Crippen LogP contribution in [-0.4, -0.2) is 72.4 Å². The lowest BCUT2D eigenvalue weighted by Gasteiger charge is -2.35. The van der Waals surface area contributed by atoms with E-state index in [4.69, 9.17) is 5.73 Å². The van der Waals surface area contributed by atoms with Gasteiger partial charge in [0.25, 0.3) is 0 Å². The van der Waals surface area contributed by atoms with Crippen molar-refractivity contribution in [1.29, 1.82) is 0 Å². The predicted octanol–water partition coefficient (Wildman–Crippen LogP) is 1.88. The lowest BCUT2D eigenvalue weighted by atomic mass is 9.87. The maximum Gasteiger partial charge on any atom is 0.231 e. The highest BCUT2D eigenvalue weighted by molar-refractivity contribution is 5.77. The Labute approximate surface area is 174 Å². The summed E-state index contributed by atoms with van der Waals surface area (Å²) in [5.74, 6) is 1.58. The summed E-state index contributed by atoms with van der Waals surface area (Å²) in [6.45, 7) is 4.74. The van der Waals surface area contributed by atoms with Gasteiger partial charge in [-0.15, -0.1) is 0 Å². The SMILES string of the molecule is NC(=O)CN(CCC(=O)N1CCN(c2ccccn2)CC1)CCC1CCCCC1. The summed E-state index contributed by atoms with van der Waals surface area (Å²) in [5.41, 5.74) is 5.43. The number of nitrogens with zero attached hydrogens (tertiary/aromatic N) is 4. The molecule has 0 radical (unpaired) electrons. The maximum atomic E-state index is 12.7. The summed E-state index contributed by atoms with van der Waals surface area (Å²) in [7, 11) is 0. The first-order chi connectivity index (χ1) is 14.1. The second-order valence-electron chi connectivity index (χ2n) is 8.34. The van der Waals surface area contributed by atoms with E-state index in [1.54, 1.807) is 6.20 Å². The van der Waals surface area contributed by atoms with Crippen LogP contribution in [0.4, 0.5) is 5.82 Å². The summed E-state index contributed by atoms with van der Waals surface area (Å²) in [5, 5.41) is 0. The van der Waals surface area contributed by atoms with Crippen molar-refractivity contribution in [3.05, 3.63) is 24.4 Å². The number of carbonyl (C=O) groups is 2. The summed E-state index contributed by atoms with van der Waals surface area (Å²) in [6, 6.07) is 5.90. The molecule has 7 heteroatoms. The first-order valence-electron chi connectivity index (χ1n) is 11.1. The molecule has 1 aliphatic heterocycles. The van der Waals surface area contributed by atoms with Crippen LogP contribution in [0.25, 0.3) is 0 Å². The Hall–Kier alpha value is -2.15. The highest BCUT2D eigenvalue weighted by Gasteiger charge is 2.23. The van der Waals surface area contributed by atoms with E-state index < -0.39 is 0 Å². The molecule has 3 rings (SSSR count). The molecule has 1 saturated carbocycles. The molecule has 2 N–H and O–H groups in total. The normalized spacial score (nSPS) is 18.2. The fourth-order valence-electron chi connectivity index (χ4n) is 4.47. The number of rotatable bonds is 9. The Kier molecular flexibility index (Phi) is 8.28. The Morgan fingerprint density at radius 3 is 2.48 bits per heavy atom. The molecule has 0 spiro atoms. The van der Waals surface area contributed by atoms with Gasteiger partial charge in [0.15, 0.2) is 0 Å². The van der Waals surface area contributed by atoms with Crippen molar-refractivity contribution >= 4 is 17.6 Å². The third kappa shape index (κ3) is 6.99. The molecule has 7 nitrogen and oxygen atoms in total. The predicted molar refractivity (Wildman–Crippen MR) is 114 cm³/mol.